The number of carbonyl (C=O) groups excluding carboxylic acids is 2. The topological polar surface area (TPSA) is 43.4 Å². The van der Waals surface area contributed by atoms with Crippen LogP contribution in [-0.4, -0.2) is 18.7 Å². The Labute approximate surface area is 133 Å². The van der Waals surface area contributed by atoms with Crippen molar-refractivity contribution in [2.45, 2.75) is 6.92 Å². The minimum absolute atomic E-state index is 0.0996. The van der Waals surface area contributed by atoms with Crippen LogP contribution in [0.5, 0.6) is 0 Å². The number of hydrogen-bond donors (Lipinski definition) is 0. The van der Waals surface area contributed by atoms with Gasteiger partial charge >= 0.3 is 0 Å². The summed E-state index contributed by atoms with van der Waals surface area (Å²) < 4.78 is 5.10. The average molecular weight is 302 g/mol. The fraction of sp³-hybridized carbons (Fsp3) is 0.100. The number of methoxy groups -OCH3 is 1. The molecule has 0 amide bonds. The van der Waals surface area contributed by atoms with Gasteiger partial charge in [0.2, 0.25) is 5.78 Å². The summed E-state index contributed by atoms with van der Waals surface area (Å²) in [5, 5.41) is 3.96. The van der Waals surface area contributed by atoms with Gasteiger partial charge in [-0.15, -0.1) is 0 Å². The van der Waals surface area contributed by atoms with E-state index in [0.717, 1.165) is 27.1 Å². The molecule has 0 N–H and O–H groups in total. The molecule has 0 saturated heterocycles. The van der Waals surface area contributed by atoms with Crippen LogP contribution < -0.4 is 0 Å². The number of Topliss-reactive ketones (excluding diaryl/α,β-unsaturated/α-hetero) is 1. The zero-order valence-electron chi connectivity index (χ0n) is 12.8. The molecule has 0 fully saturated rings. The van der Waals surface area contributed by atoms with E-state index in [9.17, 15) is 9.59 Å². The Balaban J connectivity index is 2.19. The smallest absolute Gasteiger partial charge is 0.229 e. The van der Waals surface area contributed by atoms with Crippen LogP contribution in [0.4, 0.5) is 0 Å². The monoisotopic (exact) mass is 302 g/mol. The van der Waals surface area contributed by atoms with Crippen LogP contribution in [0.15, 0.2) is 54.3 Å². The zero-order chi connectivity index (χ0) is 16.1. The van der Waals surface area contributed by atoms with Gasteiger partial charge in [-0.3, -0.25) is 9.59 Å². The van der Waals surface area contributed by atoms with Crippen LogP contribution in [-0.2, 0) is 4.74 Å². The van der Waals surface area contributed by atoms with Crippen molar-refractivity contribution in [2.75, 3.05) is 7.11 Å². The molecular formula is C20H14O3. The molecule has 0 heterocycles. The zero-order valence-corrected chi connectivity index (χ0v) is 12.8. The molecule has 112 valence electrons. The summed E-state index contributed by atoms with van der Waals surface area (Å²) in [6.07, 6.45) is 1.28. The van der Waals surface area contributed by atoms with Gasteiger partial charge in [-0.25, -0.2) is 0 Å². The molecule has 3 aromatic rings. The van der Waals surface area contributed by atoms with Gasteiger partial charge in [-0.1, -0.05) is 42.5 Å². The summed E-state index contributed by atoms with van der Waals surface area (Å²) in [7, 11) is 1.41. The van der Waals surface area contributed by atoms with Gasteiger partial charge in [-0.2, -0.15) is 0 Å². The molecule has 0 aliphatic heterocycles. The Kier molecular flexibility index (Phi) is 2.85. The average Bonchev–Trinajstić information content (AvgIpc) is 2.57. The van der Waals surface area contributed by atoms with Gasteiger partial charge in [0, 0.05) is 17.2 Å². The lowest BCUT2D eigenvalue weighted by Crippen LogP contribution is -2.19. The fourth-order valence-corrected chi connectivity index (χ4v) is 3.37. The Morgan fingerprint density at radius 3 is 2.43 bits per heavy atom. The number of rotatable bonds is 1. The molecule has 1 aliphatic carbocycles. The Morgan fingerprint density at radius 2 is 1.65 bits per heavy atom. The van der Waals surface area contributed by atoms with Crippen molar-refractivity contribution in [1.29, 1.82) is 0 Å². The minimum atomic E-state index is -0.230. The van der Waals surface area contributed by atoms with Gasteiger partial charge in [0.05, 0.1) is 7.11 Å². The molecule has 3 heteroatoms. The van der Waals surface area contributed by atoms with Crippen molar-refractivity contribution in [2.24, 2.45) is 0 Å². The first-order chi connectivity index (χ1) is 11.1. The number of allylic oxidation sites excluding steroid dienone is 2. The second-order valence-electron chi connectivity index (χ2n) is 5.73. The highest BCUT2D eigenvalue weighted by atomic mass is 16.5. The van der Waals surface area contributed by atoms with Crippen molar-refractivity contribution >= 4 is 33.1 Å². The van der Waals surface area contributed by atoms with Crippen molar-refractivity contribution in [3.05, 3.63) is 71.0 Å². The Morgan fingerprint density at radius 1 is 0.870 bits per heavy atom. The van der Waals surface area contributed by atoms with E-state index in [1.54, 1.807) is 0 Å². The van der Waals surface area contributed by atoms with Gasteiger partial charge in [0.1, 0.15) is 0 Å². The standard InChI is InChI=1S/C20H14O3/c1-11-9-15-13-6-4-3-5-12(13)7-8-14(15)19-18(11)16(21)10-17(23-2)20(19)22/h3-10H,1-2H3. The fourth-order valence-electron chi connectivity index (χ4n) is 3.37. The SMILES string of the molecule is COC1=CC(=O)c2c(C)cc3c(ccc4ccccc43)c2C1=O. The van der Waals surface area contributed by atoms with Crippen LogP contribution >= 0.6 is 0 Å². The third-order valence-electron chi connectivity index (χ3n) is 4.42. The van der Waals surface area contributed by atoms with E-state index in [4.69, 9.17) is 4.74 Å². The molecule has 0 aromatic heterocycles. The van der Waals surface area contributed by atoms with Gasteiger partial charge < -0.3 is 4.74 Å². The molecule has 23 heavy (non-hydrogen) atoms. The van der Waals surface area contributed by atoms with Crippen LogP contribution in [0.3, 0.4) is 0 Å². The molecule has 0 atom stereocenters. The summed E-state index contributed by atoms with van der Waals surface area (Å²) in [5.41, 5.74) is 1.75. The molecule has 4 rings (SSSR count). The molecule has 3 aromatic carbocycles. The van der Waals surface area contributed by atoms with Crippen molar-refractivity contribution in [3.8, 4) is 0 Å². The van der Waals surface area contributed by atoms with E-state index in [1.807, 2.05) is 49.4 Å². The van der Waals surface area contributed by atoms with Gasteiger partial charge in [0.15, 0.2) is 11.5 Å². The largest absolute Gasteiger partial charge is 0.492 e. The second-order valence-corrected chi connectivity index (χ2v) is 5.73. The number of fused-ring (bicyclic) bond motifs is 5. The van der Waals surface area contributed by atoms with E-state index in [0.29, 0.717) is 11.1 Å². The first-order valence-electron chi connectivity index (χ1n) is 7.41. The lowest BCUT2D eigenvalue weighted by Gasteiger charge is -2.19. The Hall–Kier alpha value is -2.94. The van der Waals surface area contributed by atoms with E-state index in [1.165, 1.54) is 13.2 Å². The minimum Gasteiger partial charge on any atom is -0.492 e. The van der Waals surface area contributed by atoms with E-state index in [2.05, 4.69) is 0 Å². The highest BCUT2D eigenvalue weighted by molar-refractivity contribution is 6.30. The number of aryl methyl sites for hydroxylation is 1. The number of carbonyl (C=O) groups is 2. The van der Waals surface area contributed by atoms with Gasteiger partial charge in [-0.05, 0) is 34.0 Å². The summed E-state index contributed by atoms with van der Waals surface area (Å²) in [4.78, 5) is 25.2. The molecule has 0 radical (unpaired) electrons. The maximum atomic E-state index is 12.8. The van der Waals surface area contributed by atoms with Crippen LogP contribution in [0.1, 0.15) is 26.3 Å². The molecule has 0 bridgehead atoms. The van der Waals surface area contributed by atoms with Crippen molar-refractivity contribution in [1.82, 2.24) is 0 Å². The maximum Gasteiger partial charge on any atom is 0.229 e. The number of ether oxygens (including phenoxy) is 1. The molecule has 0 unspecified atom stereocenters. The lowest BCUT2D eigenvalue weighted by molar-refractivity contribution is 0.0918. The lowest BCUT2D eigenvalue weighted by atomic mass is 9.84. The van der Waals surface area contributed by atoms with Crippen LogP contribution in [0, 0.1) is 6.92 Å². The highest BCUT2D eigenvalue weighted by Crippen LogP contribution is 2.35. The normalized spacial score (nSPS) is 14.1. The maximum absolute atomic E-state index is 12.8. The molecule has 0 spiro atoms. The van der Waals surface area contributed by atoms with Crippen LogP contribution in [0.25, 0.3) is 21.5 Å². The summed E-state index contributed by atoms with van der Waals surface area (Å²) in [5.74, 6) is -0.308. The summed E-state index contributed by atoms with van der Waals surface area (Å²) >= 11 is 0. The molecule has 3 nitrogen and oxygen atoms in total. The number of ketones is 2. The summed E-state index contributed by atoms with van der Waals surface area (Å²) in [6, 6.07) is 13.9. The third-order valence-corrected chi connectivity index (χ3v) is 4.42. The molecular weight excluding hydrogens is 288 g/mol. The molecule has 0 saturated carbocycles. The van der Waals surface area contributed by atoms with Gasteiger partial charge in [0.25, 0.3) is 0 Å². The predicted octanol–water partition coefficient (Wildman–Crippen LogP) is 4.21. The quantitative estimate of drug-likeness (QED) is 0.632. The molecule has 1 aliphatic rings. The van der Waals surface area contributed by atoms with Crippen molar-refractivity contribution in [3.63, 3.8) is 0 Å². The number of benzene rings is 3. The number of hydrogen-bond acceptors (Lipinski definition) is 3. The predicted molar refractivity (Wildman–Crippen MR) is 89.9 cm³/mol. The van der Waals surface area contributed by atoms with E-state index >= 15 is 0 Å². The van der Waals surface area contributed by atoms with E-state index in [-0.39, 0.29) is 17.3 Å². The third kappa shape index (κ3) is 1.83. The van der Waals surface area contributed by atoms with E-state index < -0.39 is 0 Å². The first kappa shape index (κ1) is 13.7. The van der Waals surface area contributed by atoms with Crippen molar-refractivity contribution < 1.29 is 14.3 Å². The van der Waals surface area contributed by atoms with Crippen LogP contribution in [0.2, 0.25) is 0 Å². The Bertz CT molecular complexity index is 1040. The highest BCUT2D eigenvalue weighted by Gasteiger charge is 2.30. The first-order valence-corrected chi connectivity index (χ1v) is 7.41. The second kappa shape index (κ2) is 4.78. The summed E-state index contributed by atoms with van der Waals surface area (Å²) in [6.45, 7) is 1.87.